The van der Waals surface area contributed by atoms with E-state index in [1.165, 1.54) is 24.3 Å². The summed E-state index contributed by atoms with van der Waals surface area (Å²) >= 11 is 0. The minimum Gasteiger partial charge on any atom is -0.425 e. The molecule has 3 aromatic rings. The van der Waals surface area contributed by atoms with Crippen LogP contribution in [0.1, 0.15) is 19.4 Å². The minimum absolute atomic E-state index is 0.0639. The zero-order chi connectivity index (χ0) is 21.2. The standard InChI is InChI=1S/C21H21NO6S/c1-13(2)20(22-29(25,26)17-9-4-14(3)5-10-17)21(24)27-16-8-6-15-7-11-19(23)28-18(15)12-16/h4-13,20,22H,1-3H3/t20-/m1/s1. The van der Waals surface area contributed by atoms with Gasteiger partial charge in [-0.3, -0.25) is 0 Å². The number of carbonyl (C=O) groups is 1. The maximum atomic E-state index is 12.7. The van der Waals surface area contributed by atoms with E-state index in [1.54, 1.807) is 44.2 Å². The molecule has 0 aliphatic carbocycles. The van der Waals surface area contributed by atoms with Crippen LogP contribution in [0.25, 0.3) is 11.0 Å². The summed E-state index contributed by atoms with van der Waals surface area (Å²) in [6, 6.07) is 12.7. The molecule has 0 aliphatic rings. The summed E-state index contributed by atoms with van der Waals surface area (Å²) in [4.78, 5) is 24.1. The molecule has 0 saturated heterocycles. The molecule has 2 aromatic carbocycles. The van der Waals surface area contributed by atoms with Gasteiger partial charge in [0, 0.05) is 17.5 Å². The lowest BCUT2D eigenvalue weighted by atomic mass is 10.1. The van der Waals surface area contributed by atoms with E-state index in [-0.39, 0.29) is 22.1 Å². The topological polar surface area (TPSA) is 103 Å². The predicted octanol–water partition coefficient (Wildman–Crippen LogP) is 3.01. The first-order valence-electron chi connectivity index (χ1n) is 9.00. The smallest absolute Gasteiger partial charge is 0.336 e. The predicted molar refractivity (Wildman–Crippen MR) is 108 cm³/mol. The third-order valence-electron chi connectivity index (χ3n) is 4.35. The highest BCUT2D eigenvalue weighted by Crippen LogP contribution is 2.21. The normalized spacial score (nSPS) is 12.8. The van der Waals surface area contributed by atoms with Gasteiger partial charge in [0.2, 0.25) is 10.0 Å². The van der Waals surface area contributed by atoms with Crippen LogP contribution in [0.15, 0.2) is 68.7 Å². The van der Waals surface area contributed by atoms with Crippen LogP contribution >= 0.6 is 0 Å². The Balaban J connectivity index is 1.82. The lowest BCUT2D eigenvalue weighted by molar-refractivity contribution is -0.137. The van der Waals surface area contributed by atoms with E-state index in [0.29, 0.717) is 5.39 Å². The van der Waals surface area contributed by atoms with Gasteiger partial charge in [0.15, 0.2) is 0 Å². The summed E-state index contributed by atoms with van der Waals surface area (Å²) in [6.45, 7) is 5.27. The molecule has 0 saturated carbocycles. The van der Waals surface area contributed by atoms with Crippen LogP contribution in [0.2, 0.25) is 0 Å². The molecular weight excluding hydrogens is 394 g/mol. The fourth-order valence-electron chi connectivity index (χ4n) is 2.69. The van der Waals surface area contributed by atoms with Gasteiger partial charge in [-0.15, -0.1) is 0 Å². The number of aryl methyl sites for hydroxylation is 1. The van der Waals surface area contributed by atoms with Crippen molar-refractivity contribution >= 4 is 27.0 Å². The van der Waals surface area contributed by atoms with Gasteiger partial charge >= 0.3 is 11.6 Å². The molecule has 1 N–H and O–H groups in total. The second kappa shape index (κ2) is 8.18. The number of fused-ring (bicyclic) bond motifs is 1. The van der Waals surface area contributed by atoms with Gasteiger partial charge in [0.25, 0.3) is 0 Å². The molecule has 0 bridgehead atoms. The fraction of sp³-hybridized carbons (Fsp3) is 0.238. The van der Waals surface area contributed by atoms with Gasteiger partial charge < -0.3 is 9.15 Å². The maximum absolute atomic E-state index is 12.7. The number of hydrogen-bond donors (Lipinski definition) is 1. The SMILES string of the molecule is Cc1ccc(S(=O)(=O)N[C@@H](C(=O)Oc2ccc3ccc(=O)oc3c2)C(C)C)cc1. The lowest BCUT2D eigenvalue weighted by Crippen LogP contribution is -2.46. The van der Waals surface area contributed by atoms with Gasteiger partial charge in [-0.1, -0.05) is 31.5 Å². The quantitative estimate of drug-likeness (QED) is 0.377. The van der Waals surface area contributed by atoms with Crippen molar-refractivity contribution in [2.24, 2.45) is 5.92 Å². The Hall–Kier alpha value is -2.97. The first-order chi connectivity index (χ1) is 13.7. The molecule has 1 aromatic heterocycles. The van der Waals surface area contributed by atoms with Crippen LogP contribution in [0.5, 0.6) is 5.75 Å². The van der Waals surface area contributed by atoms with E-state index in [4.69, 9.17) is 9.15 Å². The first kappa shape index (κ1) is 20.8. The largest absolute Gasteiger partial charge is 0.425 e. The van der Waals surface area contributed by atoms with Gasteiger partial charge in [-0.2, -0.15) is 4.72 Å². The van der Waals surface area contributed by atoms with E-state index >= 15 is 0 Å². The lowest BCUT2D eigenvalue weighted by Gasteiger charge is -2.20. The minimum atomic E-state index is -3.91. The van der Waals surface area contributed by atoms with Crippen molar-refractivity contribution in [2.75, 3.05) is 0 Å². The molecule has 1 atom stereocenters. The summed E-state index contributed by atoms with van der Waals surface area (Å²) in [7, 11) is -3.91. The van der Waals surface area contributed by atoms with Gasteiger partial charge in [0.1, 0.15) is 17.4 Å². The maximum Gasteiger partial charge on any atom is 0.336 e. The zero-order valence-corrected chi connectivity index (χ0v) is 17.0. The Morgan fingerprint density at radius 2 is 1.69 bits per heavy atom. The monoisotopic (exact) mass is 415 g/mol. The molecular formula is C21H21NO6S. The molecule has 0 aliphatic heterocycles. The molecule has 0 unspecified atom stereocenters. The molecule has 8 heteroatoms. The first-order valence-corrected chi connectivity index (χ1v) is 10.5. The molecule has 0 spiro atoms. The van der Waals surface area contributed by atoms with Crippen molar-refractivity contribution in [3.05, 3.63) is 70.6 Å². The Bertz CT molecular complexity index is 1200. The van der Waals surface area contributed by atoms with Crippen LogP contribution in [0, 0.1) is 12.8 Å². The second-order valence-corrected chi connectivity index (χ2v) is 8.75. The van der Waals surface area contributed by atoms with Gasteiger partial charge in [-0.25, -0.2) is 18.0 Å². The van der Waals surface area contributed by atoms with Gasteiger partial charge in [0.05, 0.1) is 4.90 Å². The van der Waals surface area contributed by atoms with Crippen molar-refractivity contribution < 1.29 is 22.4 Å². The van der Waals surface area contributed by atoms with Crippen molar-refractivity contribution in [1.29, 1.82) is 0 Å². The molecule has 29 heavy (non-hydrogen) atoms. The van der Waals surface area contributed by atoms with Crippen molar-refractivity contribution in [3.63, 3.8) is 0 Å². The summed E-state index contributed by atoms with van der Waals surface area (Å²) in [5.41, 5.74) is 0.669. The van der Waals surface area contributed by atoms with E-state index in [0.717, 1.165) is 5.56 Å². The average molecular weight is 415 g/mol. The van der Waals surface area contributed by atoms with Crippen LogP contribution in [-0.2, 0) is 14.8 Å². The molecule has 0 fully saturated rings. The summed E-state index contributed by atoms with van der Waals surface area (Å²) in [5, 5.41) is 0.671. The Morgan fingerprint density at radius 3 is 2.34 bits per heavy atom. The van der Waals surface area contributed by atoms with Crippen LogP contribution in [-0.4, -0.2) is 20.4 Å². The number of hydrogen-bond acceptors (Lipinski definition) is 6. The Kier molecular flexibility index (Phi) is 5.86. The van der Waals surface area contributed by atoms with Gasteiger partial charge in [-0.05, 0) is 43.2 Å². The van der Waals surface area contributed by atoms with Crippen LogP contribution < -0.4 is 15.1 Å². The van der Waals surface area contributed by atoms with Crippen molar-refractivity contribution in [2.45, 2.75) is 31.7 Å². The number of rotatable bonds is 6. The van der Waals surface area contributed by atoms with Crippen molar-refractivity contribution in [1.82, 2.24) is 4.72 Å². The van der Waals surface area contributed by atoms with E-state index in [2.05, 4.69) is 4.72 Å². The number of ether oxygens (including phenoxy) is 1. The highest BCUT2D eigenvalue weighted by atomic mass is 32.2. The third kappa shape index (κ3) is 4.90. The number of benzene rings is 2. The average Bonchev–Trinajstić information content (AvgIpc) is 2.66. The summed E-state index contributed by atoms with van der Waals surface area (Å²) in [6.07, 6.45) is 0. The highest BCUT2D eigenvalue weighted by molar-refractivity contribution is 7.89. The number of esters is 1. The number of nitrogens with one attached hydrogen (secondary N) is 1. The van der Waals surface area contributed by atoms with Crippen molar-refractivity contribution in [3.8, 4) is 5.75 Å². The molecule has 3 rings (SSSR count). The summed E-state index contributed by atoms with van der Waals surface area (Å²) in [5.74, 6) is -0.966. The van der Waals surface area contributed by atoms with Crippen LogP contribution in [0.4, 0.5) is 0 Å². The molecule has 0 radical (unpaired) electrons. The molecule has 0 amide bonds. The second-order valence-electron chi connectivity index (χ2n) is 7.03. The fourth-order valence-corrected chi connectivity index (χ4v) is 4.03. The van der Waals surface area contributed by atoms with E-state index < -0.39 is 27.7 Å². The summed E-state index contributed by atoms with van der Waals surface area (Å²) < 4.78 is 38.2. The van der Waals surface area contributed by atoms with E-state index in [1.807, 2.05) is 6.92 Å². The highest BCUT2D eigenvalue weighted by Gasteiger charge is 2.30. The molecule has 1 heterocycles. The number of sulfonamides is 1. The molecule has 7 nitrogen and oxygen atoms in total. The Labute approximate surface area is 168 Å². The molecule has 152 valence electrons. The van der Waals surface area contributed by atoms with E-state index in [9.17, 15) is 18.0 Å². The number of carbonyl (C=O) groups excluding carboxylic acids is 1. The third-order valence-corrected chi connectivity index (χ3v) is 5.80. The van der Waals surface area contributed by atoms with Crippen LogP contribution in [0.3, 0.4) is 0 Å². The zero-order valence-electron chi connectivity index (χ0n) is 16.2. The Morgan fingerprint density at radius 1 is 1.03 bits per heavy atom.